The maximum Gasteiger partial charge on any atom is 0.246 e. The van der Waals surface area contributed by atoms with Crippen LogP contribution in [-0.4, -0.2) is 41.1 Å². The molecule has 6 heteroatoms. The van der Waals surface area contributed by atoms with Crippen molar-refractivity contribution in [1.29, 1.82) is 0 Å². The van der Waals surface area contributed by atoms with Gasteiger partial charge in [-0.05, 0) is 26.0 Å². The molecule has 0 spiro atoms. The second kappa shape index (κ2) is 5.13. The van der Waals surface area contributed by atoms with E-state index in [-0.39, 0.29) is 18.7 Å². The summed E-state index contributed by atoms with van der Waals surface area (Å²) in [6.45, 7) is 2.97. The SMILES string of the molecule is CC1(C)C(=O)NC(=O)CN1CC(=O)c1ccccc1F. The van der Waals surface area contributed by atoms with Crippen molar-refractivity contribution in [3.8, 4) is 0 Å². The Bertz CT molecular complexity index is 584. The van der Waals surface area contributed by atoms with Gasteiger partial charge in [-0.3, -0.25) is 24.6 Å². The average molecular weight is 278 g/mol. The summed E-state index contributed by atoms with van der Waals surface area (Å²) in [6, 6.07) is 5.65. The monoisotopic (exact) mass is 278 g/mol. The number of hydrogen-bond donors (Lipinski definition) is 1. The van der Waals surface area contributed by atoms with E-state index in [2.05, 4.69) is 5.32 Å². The molecule has 0 aromatic heterocycles. The first-order valence-electron chi connectivity index (χ1n) is 6.19. The van der Waals surface area contributed by atoms with Crippen LogP contribution in [0.1, 0.15) is 24.2 Å². The van der Waals surface area contributed by atoms with Gasteiger partial charge in [0.1, 0.15) is 5.82 Å². The molecule has 0 atom stereocenters. The third kappa shape index (κ3) is 2.60. The fourth-order valence-electron chi connectivity index (χ4n) is 2.03. The van der Waals surface area contributed by atoms with Crippen molar-refractivity contribution in [2.24, 2.45) is 0 Å². The van der Waals surface area contributed by atoms with Crippen molar-refractivity contribution in [3.63, 3.8) is 0 Å². The van der Waals surface area contributed by atoms with Gasteiger partial charge in [0.05, 0.1) is 24.2 Å². The van der Waals surface area contributed by atoms with Gasteiger partial charge in [-0.1, -0.05) is 12.1 Å². The summed E-state index contributed by atoms with van der Waals surface area (Å²) in [4.78, 5) is 36.7. The molecule has 20 heavy (non-hydrogen) atoms. The molecule has 0 unspecified atom stereocenters. The van der Waals surface area contributed by atoms with E-state index >= 15 is 0 Å². The Morgan fingerprint density at radius 3 is 2.65 bits per heavy atom. The minimum absolute atomic E-state index is 0.0401. The molecule has 2 amide bonds. The van der Waals surface area contributed by atoms with E-state index in [1.807, 2.05) is 0 Å². The van der Waals surface area contributed by atoms with Crippen LogP contribution in [0, 0.1) is 5.82 Å². The summed E-state index contributed by atoms with van der Waals surface area (Å²) in [6.07, 6.45) is 0. The Hall–Kier alpha value is -2.08. The normalized spacial score (nSPS) is 18.8. The Morgan fingerprint density at radius 1 is 1.35 bits per heavy atom. The first-order valence-corrected chi connectivity index (χ1v) is 6.19. The lowest BCUT2D eigenvalue weighted by Gasteiger charge is -2.39. The van der Waals surface area contributed by atoms with Gasteiger partial charge in [-0.2, -0.15) is 0 Å². The minimum Gasteiger partial charge on any atom is -0.294 e. The van der Waals surface area contributed by atoms with Gasteiger partial charge in [0.15, 0.2) is 5.78 Å². The van der Waals surface area contributed by atoms with Crippen LogP contribution in [0.5, 0.6) is 0 Å². The van der Waals surface area contributed by atoms with Crippen molar-refractivity contribution in [2.75, 3.05) is 13.1 Å². The van der Waals surface area contributed by atoms with Gasteiger partial charge < -0.3 is 0 Å². The van der Waals surface area contributed by atoms with Crippen LogP contribution >= 0.6 is 0 Å². The molecule has 2 rings (SSSR count). The molecule has 1 aromatic carbocycles. The number of ketones is 1. The number of rotatable bonds is 3. The second-order valence-corrected chi connectivity index (χ2v) is 5.20. The van der Waals surface area contributed by atoms with E-state index in [0.717, 1.165) is 0 Å². The van der Waals surface area contributed by atoms with Gasteiger partial charge in [-0.25, -0.2) is 4.39 Å². The molecule has 1 heterocycles. The Kier molecular flexibility index (Phi) is 3.67. The summed E-state index contributed by atoms with van der Waals surface area (Å²) in [5.41, 5.74) is -1.03. The van der Waals surface area contributed by atoms with E-state index in [0.29, 0.717) is 0 Å². The van der Waals surface area contributed by atoms with Crippen molar-refractivity contribution in [1.82, 2.24) is 10.2 Å². The molecule has 1 fully saturated rings. The van der Waals surface area contributed by atoms with Crippen molar-refractivity contribution < 1.29 is 18.8 Å². The summed E-state index contributed by atoms with van der Waals surface area (Å²) < 4.78 is 13.6. The standard InChI is InChI=1S/C14H15FN2O3/c1-14(2)13(20)16-12(19)8-17(14)7-11(18)9-5-3-4-6-10(9)15/h3-6H,7-8H2,1-2H3,(H,16,19,20). The summed E-state index contributed by atoms with van der Waals surface area (Å²) >= 11 is 0. The molecule has 0 bridgehead atoms. The van der Waals surface area contributed by atoms with E-state index in [1.165, 1.54) is 23.1 Å². The number of carbonyl (C=O) groups excluding carboxylic acids is 3. The third-order valence-corrected chi connectivity index (χ3v) is 3.44. The van der Waals surface area contributed by atoms with Crippen molar-refractivity contribution >= 4 is 17.6 Å². The fraction of sp³-hybridized carbons (Fsp3) is 0.357. The largest absolute Gasteiger partial charge is 0.294 e. The van der Waals surface area contributed by atoms with Gasteiger partial charge in [-0.15, -0.1) is 0 Å². The molecule has 0 radical (unpaired) electrons. The van der Waals surface area contributed by atoms with E-state index in [1.54, 1.807) is 19.9 Å². The van der Waals surface area contributed by atoms with Crippen molar-refractivity contribution in [2.45, 2.75) is 19.4 Å². The first-order chi connectivity index (χ1) is 9.32. The average Bonchev–Trinajstić information content (AvgIpc) is 2.36. The highest BCUT2D eigenvalue weighted by molar-refractivity contribution is 6.04. The molecular weight excluding hydrogens is 263 g/mol. The number of carbonyl (C=O) groups is 3. The van der Waals surface area contributed by atoms with Crippen LogP contribution in [0.15, 0.2) is 24.3 Å². The zero-order chi connectivity index (χ0) is 14.9. The smallest absolute Gasteiger partial charge is 0.246 e. The summed E-state index contributed by atoms with van der Waals surface area (Å²) in [5.74, 6) is -1.99. The van der Waals surface area contributed by atoms with E-state index in [9.17, 15) is 18.8 Å². The van der Waals surface area contributed by atoms with Crippen LogP contribution in [0.4, 0.5) is 4.39 Å². The minimum atomic E-state index is -0.991. The van der Waals surface area contributed by atoms with E-state index in [4.69, 9.17) is 0 Å². The highest BCUT2D eigenvalue weighted by Gasteiger charge is 2.41. The molecule has 1 saturated heterocycles. The second-order valence-electron chi connectivity index (χ2n) is 5.20. The predicted molar refractivity (Wildman–Crippen MR) is 69.5 cm³/mol. The van der Waals surface area contributed by atoms with Crippen LogP contribution in [0.2, 0.25) is 0 Å². The van der Waals surface area contributed by atoms with Crippen LogP contribution < -0.4 is 5.32 Å². The van der Waals surface area contributed by atoms with Gasteiger partial charge >= 0.3 is 0 Å². The van der Waals surface area contributed by atoms with Gasteiger partial charge in [0.25, 0.3) is 0 Å². The number of nitrogens with zero attached hydrogens (tertiary/aromatic N) is 1. The number of hydrogen-bond acceptors (Lipinski definition) is 4. The number of amides is 2. The number of nitrogens with one attached hydrogen (secondary N) is 1. The van der Waals surface area contributed by atoms with Crippen LogP contribution in [-0.2, 0) is 9.59 Å². The van der Waals surface area contributed by atoms with Crippen molar-refractivity contribution in [3.05, 3.63) is 35.6 Å². The molecule has 1 N–H and O–H groups in total. The lowest BCUT2D eigenvalue weighted by molar-refractivity contribution is -0.144. The molecule has 5 nitrogen and oxygen atoms in total. The number of benzene rings is 1. The number of piperazine rings is 1. The Labute approximate surface area is 115 Å². The maximum absolute atomic E-state index is 13.6. The summed E-state index contributed by atoms with van der Waals surface area (Å²) in [7, 11) is 0. The molecule has 1 aliphatic heterocycles. The zero-order valence-electron chi connectivity index (χ0n) is 11.3. The Balaban J connectivity index is 2.20. The molecule has 0 saturated carbocycles. The quantitative estimate of drug-likeness (QED) is 0.654. The molecule has 1 aromatic rings. The molecule has 106 valence electrons. The lowest BCUT2D eigenvalue weighted by atomic mass is 9.97. The first kappa shape index (κ1) is 14.3. The highest BCUT2D eigenvalue weighted by atomic mass is 19.1. The lowest BCUT2D eigenvalue weighted by Crippen LogP contribution is -2.64. The molecule has 1 aliphatic rings. The highest BCUT2D eigenvalue weighted by Crippen LogP contribution is 2.19. The summed E-state index contributed by atoms with van der Waals surface area (Å²) in [5, 5.41) is 2.22. The predicted octanol–water partition coefficient (Wildman–Crippen LogP) is 0.745. The maximum atomic E-state index is 13.6. The topological polar surface area (TPSA) is 66.5 Å². The van der Waals surface area contributed by atoms with E-state index < -0.39 is 29.0 Å². The van der Waals surface area contributed by atoms with Crippen LogP contribution in [0.3, 0.4) is 0 Å². The number of imide groups is 1. The number of Topliss-reactive ketones (excluding diaryl/α,β-unsaturated/α-hetero) is 1. The number of halogens is 1. The zero-order valence-corrected chi connectivity index (χ0v) is 11.3. The fourth-order valence-corrected chi connectivity index (χ4v) is 2.03. The van der Waals surface area contributed by atoms with Crippen LogP contribution in [0.25, 0.3) is 0 Å². The van der Waals surface area contributed by atoms with Gasteiger partial charge in [0.2, 0.25) is 11.8 Å². The molecule has 0 aliphatic carbocycles. The Morgan fingerprint density at radius 2 is 2.00 bits per heavy atom. The molecular formula is C14H15FN2O3. The van der Waals surface area contributed by atoms with Gasteiger partial charge in [0, 0.05) is 0 Å². The third-order valence-electron chi connectivity index (χ3n) is 3.44.